The van der Waals surface area contributed by atoms with Crippen molar-refractivity contribution in [2.24, 2.45) is 0 Å². The highest BCUT2D eigenvalue weighted by Crippen LogP contribution is 2.50. The lowest BCUT2D eigenvalue weighted by molar-refractivity contribution is -0.305. The van der Waals surface area contributed by atoms with Crippen molar-refractivity contribution in [1.82, 2.24) is 4.98 Å². The first-order valence-electron chi connectivity index (χ1n) is 5.02. The molecule has 0 saturated heterocycles. The fourth-order valence-electron chi connectivity index (χ4n) is 1.25. The molecule has 0 aromatic carbocycles. The minimum absolute atomic E-state index is 0.123. The summed E-state index contributed by atoms with van der Waals surface area (Å²) in [6, 6.07) is 0. The monoisotopic (exact) mass is 398 g/mol. The Labute approximate surface area is 124 Å². The minimum Gasteiger partial charge on any atom is -0.274 e. The lowest BCUT2D eigenvalue weighted by Crippen LogP contribution is -2.60. The summed E-state index contributed by atoms with van der Waals surface area (Å²) in [5.74, 6) is -10.8. The van der Waals surface area contributed by atoms with E-state index in [9.17, 15) is 56.7 Å². The highest BCUT2D eigenvalue weighted by atomic mass is 32.2. The molecule has 0 unspecified atom stereocenters. The number of nitrogens with one attached hydrogen (secondary N) is 1. The number of anilines is 1. The average molecular weight is 398 g/mol. The van der Waals surface area contributed by atoms with E-state index in [2.05, 4.69) is 0 Å². The van der Waals surface area contributed by atoms with Gasteiger partial charge in [-0.15, -0.1) is 0 Å². The number of pyridine rings is 1. The van der Waals surface area contributed by atoms with Crippen molar-refractivity contribution >= 4 is 15.7 Å². The van der Waals surface area contributed by atoms with Gasteiger partial charge in [0.25, 0.3) is 21.9 Å². The van der Waals surface area contributed by atoms with Crippen LogP contribution in [0.5, 0.6) is 0 Å². The number of hydrogen-bond acceptors (Lipinski definition) is 3. The molecule has 1 heterocycles. The van der Waals surface area contributed by atoms with Crippen LogP contribution >= 0.6 is 0 Å². The van der Waals surface area contributed by atoms with Crippen LogP contribution in [0.25, 0.3) is 0 Å². The summed E-state index contributed by atoms with van der Waals surface area (Å²) in [6.45, 7) is 0. The second-order valence-corrected chi connectivity index (χ2v) is 5.67. The lowest BCUT2D eigenvalue weighted by Gasteiger charge is -2.29. The van der Waals surface area contributed by atoms with Crippen LogP contribution in [0.15, 0.2) is 0 Å². The molecular weight excluding hydrogens is 397 g/mol. The molecule has 16 heteroatoms. The summed E-state index contributed by atoms with van der Waals surface area (Å²) in [5.41, 5.74) is -2.66. The first-order chi connectivity index (χ1) is 10.5. The number of halogens is 11. The third kappa shape index (κ3) is 2.93. The Bertz CT molecular complexity index is 715. The van der Waals surface area contributed by atoms with Crippen molar-refractivity contribution in [2.75, 3.05) is 4.72 Å². The quantitative estimate of drug-likeness (QED) is 0.629. The van der Waals surface area contributed by atoms with Crippen molar-refractivity contribution in [3.8, 4) is 0 Å². The number of nitrogens with zero attached hydrogens (tertiary/aromatic N) is 1. The summed E-state index contributed by atoms with van der Waals surface area (Å²) >= 11 is 0. The largest absolute Gasteiger partial charge is 0.448 e. The van der Waals surface area contributed by atoms with Gasteiger partial charge in [-0.25, -0.2) is 12.8 Å². The molecule has 0 bridgehead atoms. The molecule has 0 radical (unpaired) electrons. The van der Waals surface area contributed by atoms with Crippen LogP contribution in [-0.2, 0) is 10.0 Å². The predicted molar refractivity (Wildman–Crippen MR) is 52.6 cm³/mol. The molecular formula is C8HF11N2O2S. The van der Waals surface area contributed by atoms with Crippen molar-refractivity contribution in [2.45, 2.75) is 17.4 Å². The molecule has 0 atom stereocenters. The van der Waals surface area contributed by atoms with Crippen LogP contribution in [-0.4, -0.2) is 30.8 Å². The molecule has 1 rings (SSSR count). The molecule has 1 N–H and O–H groups in total. The van der Waals surface area contributed by atoms with Gasteiger partial charge < -0.3 is 0 Å². The van der Waals surface area contributed by atoms with Crippen LogP contribution in [0.2, 0.25) is 0 Å². The van der Waals surface area contributed by atoms with Crippen molar-refractivity contribution in [3.63, 3.8) is 0 Å². The van der Waals surface area contributed by atoms with Gasteiger partial charge in [0.05, 0.1) is 0 Å². The Morgan fingerprint density at radius 3 is 1.38 bits per heavy atom. The third-order valence-electron chi connectivity index (χ3n) is 2.33. The molecule has 0 aliphatic carbocycles. The maximum Gasteiger partial charge on any atom is 0.448 e. The molecule has 24 heavy (non-hydrogen) atoms. The van der Waals surface area contributed by atoms with Crippen LogP contribution in [0.3, 0.4) is 0 Å². The van der Waals surface area contributed by atoms with E-state index in [1.54, 1.807) is 0 Å². The fraction of sp³-hybridized carbons (Fsp3) is 0.375. The van der Waals surface area contributed by atoms with Gasteiger partial charge in [-0.2, -0.15) is 48.9 Å². The molecule has 1 aromatic rings. The lowest BCUT2D eigenvalue weighted by atomic mass is 10.3. The zero-order valence-electron chi connectivity index (χ0n) is 10.3. The van der Waals surface area contributed by atoms with E-state index in [1.807, 2.05) is 4.98 Å². The molecule has 138 valence electrons. The smallest absolute Gasteiger partial charge is 0.274 e. The number of hydrogen-bond donors (Lipinski definition) is 1. The van der Waals surface area contributed by atoms with Crippen LogP contribution in [0.1, 0.15) is 0 Å². The summed E-state index contributed by atoms with van der Waals surface area (Å²) in [4.78, 5) is 1.87. The normalized spacial score (nSPS) is 14.0. The van der Waals surface area contributed by atoms with Crippen LogP contribution in [0.4, 0.5) is 54.0 Å². The van der Waals surface area contributed by atoms with E-state index in [4.69, 9.17) is 0 Å². The van der Waals surface area contributed by atoms with E-state index in [1.165, 1.54) is 0 Å². The van der Waals surface area contributed by atoms with Gasteiger partial charge in [-0.05, 0) is 0 Å². The number of aromatic nitrogens is 1. The first-order valence-corrected chi connectivity index (χ1v) is 6.50. The Morgan fingerprint density at radius 1 is 0.750 bits per heavy atom. The zero-order valence-corrected chi connectivity index (χ0v) is 11.1. The molecule has 0 fully saturated rings. The molecule has 4 nitrogen and oxygen atoms in total. The highest BCUT2D eigenvalue weighted by molar-refractivity contribution is 7.94. The summed E-state index contributed by atoms with van der Waals surface area (Å²) in [5, 5.41) is -7.04. The first kappa shape index (κ1) is 20.2. The SMILES string of the molecule is O=S(=O)(Nc1c(F)c(F)nc(F)c1F)C(F)(C(F)(F)F)C(F)(F)F. The Balaban J connectivity index is 3.63. The molecule has 0 aliphatic heterocycles. The standard InChI is InChI=1S/C8HF11N2O2S/c9-1-3(2(10)5(12)20-4(1)11)21-24(22,23)6(13,7(14,15)16)8(17,18)19/h(H,20,21). The number of sulfonamides is 1. The Hall–Kier alpha value is -1.87. The highest BCUT2D eigenvalue weighted by Gasteiger charge is 2.81. The van der Waals surface area contributed by atoms with Gasteiger partial charge in [-0.1, -0.05) is 0 Å². The number of alkyl halides is 7. The number of rotatable bonds is 3. The Morgan fingerprint density at radius 2 is 1.08 bits per heavy atom. The van der Waals surface area contributed by atoms with Gasteiger partial charge in [-0.3, -0.25) is 4.72 Å². The Kier molecular flexibility index (Phi) is 4.70. The zero-order chi connectivity index (χ0) is 19.3. The van der Waals surface area contributed by atoms with Crippen molar-refractivity contribution < 1.29 is 56.7 Å². The van der Waals surface area contributed by atoms with Gasteiger partial charge >= 0.3 is 17.4 Å². The minimum atomic E-state index is -7.38. The van der Waals surface area contributed by atoms with Crippen molar-refractivity contribution in [3.05, 3.63) is 23.5 Å². The topological polar surface area (TPSA) is 59.1 Å². The van der Waals surface area contributed by atoms with E-state index in [-0.39, 0.29) is 4.72 Å². The molecule has 0 amide bonds. The van der Waals surface area contributed by atoms with E-state index < -0.39 is 56.6 Å². The maximum absolute atomic E-state index is 13.4. The predicted octanol–water partition coefficient (Wildman–Crippen LogP) is 3.17. The van der Waals surface area contributed by atoms with Gasteiger partial charge in [0.15, 0.2) is 0 Å². The molecule has 0 saturated carbocycles. The van der Waals surface area contributed by atoms with E-state index >= 15 is 0 Å². The maximum atomic E-state index is 13.4. The second kappa shape index (κ2) is 5.59. The van der Waals surface area contributed by atoms with Gasteiger partial charge in [0.1, 0.15) is 5.69 Å². The van der Waals surface area contributed by atoms with E-state index in [0.29, 0.717) is 0 Å². The molecule has 0 aliphatic rings. The van der Waals surface area contributed by atoms with Gasteiger partial charge in [0.2, 0.25) is 11.6 Å². The average Bonchev–Trinajstić information content (AvgIpc) is 2.37. The van der Waals surface area contributed by atoms with Crippen molar-refractivity contribution in [1.29, 1.82) is 0 Å². The summed E-state index contributed by atoms with van der Waals surface area (Å²) in [6.07, 6.45) is -14.3. The fourth-order valence-corrected chi connectivity index (χ4v) is 2.44. The summed E-state index contributed by atoms with van der Waals surface area (Å²) in [7, 11) is -7.38. The molecule has 0 spiro atoms. The second-order valence-electron chi connectivity index (χ2n) is 3.89. The molecule has 1 aromatic heterocycles. The summed E-state index contributed by atoms with van der Waals surface area (Å²) < 4.78 is 161. The van der Waals surface area contributed by atoms with Crippen LogP contribution in [0, 0.1) is 23.5 Å². The van der Waals surface area contributed by atoms with E-state index in [0.717, 1.165) is 0 Å². The third-order valence-corrected chi connectivity index (χ3v) is 4.01. The van der Waals surface area contributed by atoms with Gasteiger partial charge in [0, 0.05) is 0 Å². The van der Waals surface area contributed by atoms with Crippen LogP contribution < -0.4 is 4.72 Å².